The molecule has 0 atom stereocenters. The zero-order valence-corrected chi connectivity index (χ0v) is 15.8. The van der Waals surface area contributed by atoms with Crippen molar-refractivity contribution in [2.75, 3.05) is 25.1 Å². The minimum absolute atomic E-state index is 0.348. The maximum absolute atomic E-state index is 6.31. The van der Waals surface area contributed by atoms with E-state index in [1.807, 2.05) is 6.07 Å². The molecule has 2 aromatic heterocycles. The number of imidazole rings is 1. The number of piperidine rings is 1. The molecule has 0 spiro atoms. The summed E-state index contributed by atoms with van der Waals surface area (Å²) in [5.74, 6) is 1.91. The number of para-hydroxylation sites is 2. The Labute approximate surface area is 157 Å². The Morgan fingerprint density at radius 1 is 1.19 bits per heavy atom. The van der Waals surface area contributed by atoms with Gasteiger partial charge in [-0.15, -0.1) is 0 Å². The summed E-state index contributed by atoms with van der Waals surface area (Å²) in [6.07, 6.45) is 4.59. The minimum Gasteiger partial charge on any atom is -0.467 e. The first-order valence-electron chi connectivity index (χ1n) is 8.98. The monoisotopic (exact) mass is 371 g/mol. The van der Waals surface area contributed by atoms with E-state index >= 15 is 0 Å². The fraction of sp³-hybridized carbons (Fsp3) is 0.421. The first-order valence-corrected chi connectivity index (χ1v) is 9.36. The van der Waals surface area contributed by atoms with Gasteiger partial charge in [-0.1, -0.05) is 30.7 Å². The van der Waals surface area contributed by atoms with Crippen LogP contribution in [0.15, 0.2) is 30.5 Å². The molecule has 136 valence electrons. The van der Waals surface area contributed by atoms with E-state index < -0.39 is 0 Å². The molecule has 0 radical (unpaired) electrons. The first-order chi connectivity index (χ1) is 12.7. The number of nitrogens with zero attached hydrogens (tertiary/aromatic N) is 5. The van der Waals surface area contributed by atoms with Crippen LogP contribution in [0, 0.1) is 0 Å². The van der Waals surface area contributed by atoms with Crippen molar-refractivity contribution in [2.24, 2.45) is 0 Å². The van der Waals surface area contributed by atoms with Gasteiger partial charge in [0.1, 0.15) is 10.8 Å². The lowest BCUT2D eigenvalue weighted by atomic mass is 10.0. The number of rotatable bonds is 4. The van der Waals surface area contributed by atoms with Crippen LogP contribution < -0.4 is 9.64 Å². The zero-order chi connectivity index (χ0) is 18.1. The molecule has 7 heteroatoms. The van der Waals surface area contributed by atoms with Crippen molar-refractivity contribution in [3.05, 3.63) is 41.3 Å². The quantitative estimate of drug-likeness (QED) is 0.696. The predicted octanol–water partition coefficient (Wildman–Crippen LogP) is 3.89. The smallest absolute Gasteiger partial charge is 0.318 e. The van der Waals surface area contributed by atoms with Crippen molar-refractivity contribution >= 4 is 28.5 Å². The highest BCUT2D eigenvalue weighted by Gasteiger charge is 2.26. The Kier molecular flexibility index (Phi) is 4.68. The van der Waals surface area contributed by atoms with E-state index in [0.717, 1.165) is 49.5 Å². The number of anilines is 1. The van der Waals surface area contributed by atoms with E-state index in [4.69, 9.17) is 21.3 Å². The van der Waals surface area contributed by atoms with Crippen LogP contribution in [0.1, 0.15) is 31.6 Å². The van der Waals surface area contributed by atoms with Crippen molar-refractivity contribution in [2.45, 2.75) is 32.2 Å². The second kappa shape index (κ2) is 7.11. The Balaban J connectivity index is 1.58. The van der Waals surface area contributed by atoms with Crippen LogP contribution in [0.4, 0.5) is 5.82 Å². The SMILES string of the molecule is CCc1nc2ccccc2n1C1CCN(c2nc(OC)ncc2Cl)CC1. The molecule has 0 bridgehead atoms. The van der Waals surface area contributed by atoms with Gasteiger partial charge in [0, 0.05) is 25.6 Å². The van der Waals surface area contributed by atoms with Gasteiger partial charge in [0.2, 0.25) is 0 Å². The van der Waals surface area contributed by atoms with Crippen molar-refractivity contribution in [1.82, 2.24) is 19.5 Å². The molecular formula is C19H22ClN5O. The number of hydrogen-bond acceptors (Lipinski definition) is 5. The molecule has 1 fully saturated rings. The highest BCUT2D eigenvalue weighted by Crippen LogP contribution is 2.33. The molecule has 0 N–H and O–H groups in total. The van der Waals surface area contributed by atoms with Crippen molar-refractivity contribution in [3.8, 4) is 6.01 Å². The Bertz CT molecular complexity index is 917. The molecule has 4 rings (SSSR count). The van der Waals surface area contributed by atoms with Crippen LogP contribution in [0.2, 0.25) is 5.02 Å². The summed E-state index contributed by atoms with van der Waals surface area (Å²) in [6.45, 7) is 3.94. The second-order valence-electron chi connectivity index (χ2n) is 6.49. The van der Waals surface area contributed by atoms with Crippen LogP contribution in [0.25, 0.3) is 11.0 Å². The lowest BCUT2D eigenvalue weighted by molar-refractivity contribution is 0.374. The Morgan fingerprint density at radius 2 is 1.96 bits per heavy atom. The van der Waals surface area contributed by atoms with Crippen LogP contribution in [0.5, 0.6) is 6.01 Å². The highest BCUT2D eigenvalue weighted by molar-refractivity contribution is 6.32. The molecule has 0 saturated carbocycles. The van der Waals surface area contributed by atoms with E-state index in [1.54, 1.807) is 13.3 Å². The summed E-state index contributed by atoms with van der Waals surface area (Å²) in [6, 6.07) is 9.18. The molecule has 0 unspecified atom stereocenters. The fourth-order valence-electron chi connectivity index (χ4n) is 3.75. The van der Waals surface area contributed by atoms with Gasteiger partial charge in [-0.2, -0.15) is 4.98 Å². The molecule has 0 aliphatic carbocycles. The Morgan fingerprint density at radius 3 is 2.69 bits per heavy atom. The summed E-state index contributed by atoms with van der Waals surface area (Å²) in [5.41, 5.74) is 2.31. The maximum Gasteiger partial charge on any atom is 0.318 e. The van der Waals surface area contributed by atoms with E-state index in [9.17, 15) is 0 Å². The van der Waals surface area contributed by atoms with Gasteiger partial charge in [-0.3, -0.25) is 0 Å². The molecule has 3 heterocycles. The van der Waals surface area contributed by atoms with Gasteiger partial charge in [-0.05, 0) is 25.0 Å². The largest absolute Gasteiger partial charge is 0.467 e. The van der Waals surface area contributed by atoms with Gasteiger partial charge in [-0.25, -0.2) is 9.97 Å². The average Bonchev–Trinajstić information content (AvgIpc) is 3.07. The van der Waals surface area contributed by atoms with E-state index in [1.165, 1.54) is 5.52 Å². The second-order valence-corrected chi connectivity index (χ2v) is 6.89. The minimum atomic E-state index is 0.348. The van der Waals surface area contributed by atoms with Gasteiger partial charge >= 0.3 is 6.01 Å². The number of hydrogen-bond donors (Lipinski definition) is 0. The van der Waals surface area contributed by atoms with Crippen LogP contribution in [0.3, 0.4) is 0 Å². The lowest BCUT2D eigenvalue weighted by Gasteiger charge is -2.34. The molecule has 1 saturated heterocycles. The third kappa shape index (κ3) is 2.98. The summed E-state index contributed by atoms with van der Waals surface area (Å²) in [7, 11) is 1.57. The summed E-state index contributed by atoms with van der Waals surface area (Å²) < 4.78 is 7.56. The van der Waals surface area contributed by atoms with Crippen LogP contribution >= 0.6 is 11.6 Å². The number of fused-ring (bicyclic) bond motifs is 1. The number of methoxy groups -OCH3 is 1. The van der Waals surface area contributed by atoms with E-state index in [0.29, 0.717) is 17.1 Å². The maximum atomic E-state index is 6.31. The Hall–Kier alpha value is -2.34. The molecule has 3 aromatic rings. The van der Waals surface area contributed by atoms with Crippen LogP contribution in [-0.2, 0) is 6.42 Å². The fourth-order valence-corrected chi connectivity index (χ4v) is 3.96. The van der Waals surface area contributed by atoms with Gasteiger partial charge in [0.25, 0.3) is 0 Å². The topological polar surface area (TPSA) is 56.1 Å². The zero-order valence-electron chi connectivity index (χ0n) is 15.0. The number of benzene rings is 1. The standard InChI is InChI=1S/C19H22ClN5O/c1-3-17-22-15-6-4-5-7-16(15)25(17)13-8-10-24(11-9-13)18-14(20)12-21-19(23-18)26-2/h4-7,12-13H,3,8-11H2,1-2H3. The summed E-state index contributed by atoms with van der Waals surface area (Å²) in [5, 5.41) is 0.562. The van der Waals surface area contributed by atoms with Gasteiger partial charge in [0.05, 0.1) is 24.3 Å². The molecule has 1 aliphatic rings. The number of ether oxygens (including phenoxy) is 1. The van der Waals surface area contributed by atoms with E-state index in [-0.39, 0.29) is 0 Å². The predicted molar refractivity (Wildman–Crippen MR) is 103 cm³/mol. The van der Waals surface area contributed by atoms with Gasteiger partial charge in [0.15, 0.2) is 5.82 Å². The van der Waals surface area contributed by atoms with E-state index in [2.05, 4.69) is 44.6 Å². The third-order valence-corrected chi connectivity index (χ3v) is 5.27. The van der Waals surface area contributed by atoms with Crippen LogP contribution in [-0.4, -0.2) is 39.7 Å². The molecule has 1 aromatic carbocycles. The number of aryl methyl sites for hydroxylation is 1. The highest BCUT2D eigenvalue weighted by atomic mass is 35.5. The average molecular weight is 372 g/mol. The van der Waals surface area contributed by atoms with Gasteiger partial charge < -0.3 is 14.2 Å². The normalized spacial score (nSPS) is 15.6. The number of halogens is 1. The lowest BCUT2D eigenvalue weighted by Crippen LogP contribution is -2.35. The van der Waals surface area contributed by atoms with Crippen molar-refractivity contribution < 1.29 is 4.74 Å². The molecule has 1 aliphatic heterocycles. The van der Waals surface area contributed by atoms with Crippen molar-refractivity contribution in [3.63, 3.8) is 0 Å². The van der Waals surface area contributed by atoms with Crippen molar-refractivity contribution in [1.29, 1.82) is 0 Å². The molecule has 6 nitrogen and oxygen atoms in total. The third-order valence-electron chi connectivity index (χ3n) is 5.00. The molecule has 26 heavy (non-hydrogen) atoms. The summed E-state index contributed by atoms with van der Waals surface area (Å²) >= 11 is 6.31. The molecule has 0 amide bonds. The molecular weight excluding hydrogens is 350 g/mol. The summed E-state index contributed by atoms with van der Waals surface area (Å²) in [4.78, 5) is 15.5. The number of aromatic nitrogens is 4. The first kappa shape index (κ1) is 17.1.